The van der Waals surface area contributed by atoms with Gasteiger partial charge in [-0.25, -0.2) is 4.79 Å². The zero-order valence-corrected chi connectivity index (χ0v) is 16.3. The first-order chi connectivity index (χ1) is 12.5. The number of rotatable bonds is 6. The number of benzene rings is 1. The Kier molecular flexibility index (Phi) is 6.94. The van der Waals surface area contributed by atoms with Crippen LogP contribution in [0.2, 0.25) is 0 Å². The highest BCUT2D eigenvalue weighted by molar-refractivity contribution is 5.83. The lowest BCUT2D eigenvalue weighted by Gasteiger charge is -2.31. The van der Waals surface area contributed by atoms with Crippen LogP contribution in [-0.4, -0.2) is 35.6 Å². The van der Waals surface area contributed by atoms with Gasteiger partial charge >= 0.3 is 6.09 Å². The van der Waals surface area contributed by atoms with Crippen molar-refractivity contribution >= 4 is 11.9 Å². The van der Waals surface area contributed by atoms with Crippen LogP contribution < -0.4 is 5.32 Å². The van der Waals surface area contributed by atoms with Crippen molar-refractivity contribution in [3.05, 3.63) is 35.9 Å². The van der Waals surface area contributed by atoms with Crippen LogP contribution in [0.1, 0.15) is 46.6 Å². The maximum Gasteiger partial charge on any atom is 0.407 e. The van der Waals surface area contributed by atoms with Gasteiger partial charge in [-0.15, -0.1) is 0 Å². The molecule has 1 fully saturated rings. The average Bonchev–Trinajstić information content (AvgIpc) is 2.53. The van der Waals surface area contributed by atoms with E-state index in [-0.39, 0.29) is 6.42 Å². The van der Waals surface area contributed by atoms with E-state index in [0.29, 0.717) is 6.42 Å². The van der Waals surface area contributed by atoms with Gasteiger partial charge in [-0.1, -0.05) is 30.3 Å². The monoisotopic (exact) mass is 381 g/mol. The largest absolute Gasteiger partial charge is 0.444 e. The van der Waals surface area contributed by atoms with Gasteiger partial charge in [0.05, 0.1) is 0 Å². The first kappa shape index (κ1) is 21.3. The van der Waals surface area contributed by atoms with Crippen LogP contribution in [0.15, 0.2) is 30.3 Å². The third-order valence-corrected chi connectivity index (χ3v) is 3.43. The zero-order chi connectivity index (χ0) is 20.1. The van der Waals surface area contributed by atoms with Crippen LogP contribution in [-0.2, 0) is 35.5 Å². The molecule has 1 aliphatic rings. The Hall–Kier alpha value is -2.00. The second-order valence-corrected chi connectivity index (χ2v) is 7.79. The van der Waals surface area contributed by atoms with Crippen LogP contribution >= 0.6 is 0 Å². The molecule has 150 valence electrons. The normalized spacial score (nSPS) is 18.6. The summed E-state index contributed by atoms with van der Waals surface area (Å²) < 4.78 is 5.29. The van der Waals surface area contributed by atoms with Gasteiger partial charge in [-0.05, 0) is 46.6 Å². The molecule has 1 atom stereocenters. The van der Waals surface area contributed by atoms with Crippen LogP contribution in [0, 0.1) is 0 Å². The molecule has 1 aromatic carbocycles. The number of hydrogen-bond acceptors (Lipinski definition) is 7. The van der Waals surface area contributed by atoms with Gasteiger partial charge in [0.25, 0.3) is 6.29 Å². The van der Waals surface area contributed by atoms with Crippen molar-refractivity contribution in [1.29, 1.82) is 0 Å². The number of alkyl carbamates (subject to hydrolysis) is 1. The first-order valence-electron chi connectivity index (χ1n) is 8.79. The van der Waals surface area contributed by atoms with Gasteiger partial charge in [0, 0.05) is 12.5 Å². The van der Waals surface area contributed by atoms with Crippen LogP contribution in [0.3, 0.4) is 0 Å². The number of ketones is 1. The topological polar surface area (TPSA) is 92.3 Å². The van der Waals surface area contributed by atoms with Gasteiger partial charge in [0.15, 0.2) is 5.78 Å². The predicted octanol–water partition coefficient (Wildman–Crippen LogP) is 3.05. The molecular weight excluding hydrogens is 354 g/mol. The van der Waals surface area contributed by atoms with Crippen LogP contribution in [0.5, 0.6) is 0 Å². The summed E-state index contributed by atoms with van der Waals surface area (Å²) in [6.07, 6.45) is -1.54. The fraction of sp³-hybridized carbons (Fsp3) is 0.579. The molecule has 1 aromatic rings. The van der Waals surface area contributed by atoms with E-state index in [1.807, 2.05) is 30.3 Å². The first-order valence-corrected chi connectivity index (χ1v) is 8.79. The summed E-state index contributed by atoms with van der Waals surface area (Å²) in [6.45, 7) is 8.46. The Labute approximate surface area is 158 Å². The molecule has 1 amide bonds. The van der Waals surface area contributed by atoms with Gasteiger partial charge in [0.1, 0.15) is 5.60 Å². The number of nitrogens with one attached hydrogen (secondary N) is 1. The van der Waals surface area contributed by atoms with E-state index >= 15 is 0 Å². The number of carbonyl (C=O) groups is 2. The molecule has 27 heavy (non-hydrogen) atoms. The molecule has 1 heterocycles. The summed E-state index contributed by atoms with van der Waals surface area (Å²) >= 11 is 0. The van der Waals surface area contributed by atoms with Crippen molar-refractivity contribution in [2.24, 2.45) is 0 Å². The van der Waals surface area contributed by atoms with E-state index < -0.39 is 35.6 Å². The molecule has 0 aromatic heterocycles. The number of Topliss-reactive ketones (excluding diaryl/α,β-unsaturated/α-hetero) is 1. The molecule has 1 aliphatic heterocycles. The Balaban J connectivity index is 2.00. The maximum absolute atomic E-state index is 12.5. The lowest BCUT2D eigenvalue weighted by atomic mass is 10.0. The highest BCUT2D eigenvalue weighted by atomic mass is 17.4. The maximum atomic E-state index is 12.5. The van der Waals surface area contributed by atoms with E-state index in [1.54, 1.807) is 34.6 Å². The molecule has 0 radical (unpaired) electrons. The van der Waals surface area contributed by atoms with Crippen LogP contribution in [0.25, 0.3) is 0 Å². The Bertz CT molecular complexity index is 629. The minimum atomic E-state index is -1.32. The number of ether oxygens (including phenoxy) is 1. The molecule has 8 heteroatoms. The second kappa shape index (κ2) is 8.79. The van der Waals surface area contributed by atoms with E-state index in [1.165, 1.54) is 0 Å². The standard InChI is InChI=1S/C19H27NO7/c1-18(2,3)23-17(22)20-14(11-13-9-7-6-8-10-13)12-15(21)16-24-26-19(4,5)27-25-16/h6-10,14,16H,11-12H2,1-5H3,(H,20,22). The smallest absolute Gasteiger partial charge is 0.407 e. The minimum absolute atomic E-state index is 0.0497. The molecule has 1 N–H and O–H groups in total. The number of amides is 1. The lowest BCUT2D eigenvalue weighted by molar-refractivity contribution is -0.607. The summed E-state index contributed by atoms with van der Waals surface area (Å²) in [4.78, 5) is 44.5. The van der Waals surface area contributed by atoms with Gasteiger partial charge in [-0.2, -0.15) is 19.6 Å². The van der Waals surface area contributed by atoms with Crippen molar-refractivity contribution in [3.8, 4) is 0 Å². The van der Waals surface area contributed by atoms with Crippen LogP contribution in [0.4, 0.5) is 4.79 Å². The van der Waals surface area contributed by atoms with Crippen molar-refractivity contribution in [1.82, 2.24) is 5.32 Å². The summed E-state index contributed by atoms with van der Waals surface area (Å²) in [5, 5.41) is 2.73. The predicted molar refractivity (Wildman–Crippen MR) is 95.1 cm³/mol. The fourth-order valence-electron chi connectivity index (χ4n) is 2.34. The average molecular weight is 381 g/mol. The van der Waals surface area contributed by atoms with Crippen molar-refractivity contribution in [2.75, 3.05) is 0 Å². The molecule has 1 unspecified atom stereocenters. The molecule has 2 rings (SSSR count). The van der Waals surface area contributed by atoms with E-state index in [4.69, 9.17) is 24.3 Å². The molecule has 0 saturated carbocycles. The second-order valence-electron chi connectivity index (χ2n) is 7.79. The zero-order valence-electron chi connectivity index (χ0n) is 16.3. The molecule has 0 bridgehead atoms. The Morgan fingerprint density at radius 2 is 1.74 bits per heavy atom. The van der Waals surface area contributed by atoms with Crippen molar-refractivity contribution in [3.63, 3.8) is 0 Å². The SMILES string of the molecule is CC(C)(C)OC(=O)NC(CC(=O)C1OOC(C)(C)OO1)Cc1ccccc1. The minimum Gasteiger partial charge on any atom is -0.444 e. The highest BCUT2D eigenvalue weighted by Crippen LogP contribution is 2.22. The summed E-state index contributed by atoms with van der Waals surface area (Å²) in [5.74, 6) is -1.53. The third kappa shape index (κ3) is 7.64. The number of carbonyl (C=O) groups excluding carboxylic acids is 2. The number of hydrogen-bond donors (Lipinski definition) is 1. The Morgan fingerprint density at radius 3 is 2.30 bits per heavy atom. The third-order valence-electron chi connectivity index (χ3n) is 3.43. The summed E-state index contributed by atoms with van der Waals surface area (Å²) in [5.41, 5.74) is 0.319. The van der Waals surface area contributed by atoms with Crippen molar-refractivity contribution in [2.45, 2.75) is 71.2 Å². The fourth-order valence-corrected chi connectivity index (χ4v) is 2.34. The Morgan fingerprint density at radius 1 is 1.15 bits per heavy atom. The molecule has 8 nitrogen and oxygen atoms in total. The van der Waals surface area contributed by atoms with Crippen molar-refractivity contribution < 1.29 is 33.9 Å². The molecule has 0 aliphatic carbocycles. The summed E-state index contributed by atoms with van der Waals surface area (Å²) in [6, 6.07) is 8.98. The molecule has 0 spiro atoms. The van der Waals surface area contributed by atoms with Gasteiger partial charge in [-0.3, -0.25) is 4.79 Å². The van der Waals surface area contributed by atoms with E-state index in [9.17, 15) is 9.59 Å². The molecular formula is C19H27NO7. The van der Waals surface area contributed by atoms with E-state index in [2.05, 4.69) is 5.32 Å². The lowest BCUT2D eigenvalue weighted by Crippen LogP contribution is -2.46. The summed E-state index contributed by atoms with van der Waals surface area (Å²) in [7, 11) is 0. The van der Waals surface area contributed by atoms with Gasteiger partial charge < -0.3 is 10.1 Å². The van der Waals surface area contributed by atoms with E-state index in [0.717, 1.165) is 5.56 Å². The quantitative estimate of drug-likeness (QED) is 0.757. The highest BCUT2D eigenvalue weighted by Gasteiger charge is 2.37. The molecule has 1 saturated heterocycles. The van der Waals surface area contributed by atoms with Gasteiger partial charge in [0.2, 0.25) is 5.79 Å².